The second-order valence-electron chi connectivity index (χ2n) is 3.85. The van der Waals surface area contributed by atoms with Crippen LogP contribution in [0.15, 0.2) is 42.5 Å². The molecule has 0 amide bonds. The van der Waals surface area contributed by atoms with E-state index in [0.717, 1.165) is 5.56 Å². The second-order valence-corrected chi connectivity index (χ2v) is 4.66. The highest BCUT2D eigenvalue weighted by Gasteiger charge is 2.13. The third-order valence-electron chi connectivity index (χ3n) is 2.56. The van der Waals surface area contributed by atoms with Gasteiger partial charge in [-0.05, 0) is 17.7 Å². The van der Waals surface area contributed by atoms with E-state index in [4.69, 9.17) is 27.9 Å². The van der Waals surface area contributed by atoms with Crippen molar-refractivity contribution in [2.24, 2.45) is 0 Å². The molecule has 0 unspecified atom stereocenters. The van der Waals surface area contributed by atoms with Crippen LogP contribution >= 0.6 is 23.2 Å². The summed E-state index contributed by atoms with van der Waals surface area (Å²) in [6.45, 7) is 0.362. The first-order valence-electron chi connectivity index (χ1n) is 5.65. The van der Waals surface area contributed by atoms with Gasteiger partial charge in [0.05, 0.1) is 11.4 Å². The second kappa shape index (κ2) is 6.60. The maximum atomic E-state index is 10.7. The average molecular weight is 294 g/mol. The van der Waals surface area contributed by atoms with Crippen molar-refractivity contribution in [2.45, 2.75) is 6.61 Å². The van der Waals surface area contributed by atoms with E-state index in [0.29, 0.717) is 34.3 Å². The number of benzene rings is 2. The molecule has 0 aliphatic rings. The lowest BCUT2D eigenvalue weighted by molar-refractivity contribution is -0.104. The Labute approximate surface area is 121 Å². The Bertz CT molecular complexity index is 568. The zero-order valence-corrected chi connectivity index (χ0v) is 11.5. The zero-order valence-electron chi connectivity index (χ0n) is 9.98. The normalized spacial score (nSPS) is 10.2. The molecule has 2 nitrogen and oxygen atoms in total. The lowest BCUT2D eigenvalue weighted by Gasteiger charge is -2.13. The van der Waals surface area contributed by atoms with E-state index in [1.165, 1.54) is 6.42 Å². The summed E-state index contributed by atoms with van der Waals surface area (Å²) in [6.07, 6.45) is 2.00. The van der Waals surface area contributed by atoms with Crippen LogP contribution in [0.5, 0.6) is 5.75 Å². The highest BCUT2D eigenvalue weighted by atomic mass is 35.5. The highest BCUT2D eigenvalue weighted by Crippen LogP contribution is 2.35. The smallest absolute Gasteiger partial charge is 0.143 e. The molecule has 2 rings (SSSR count). The molecule has 0 saturated carbocycles. The Balaban J connectivity index is 2.23. The Morgan fingerprint density at radius 3 is 2.37 bits per heavy atom. The summed E-state index contributed by atoms with van der Waals surface area (Å²) in [5.74, 6) is 0.421. The Kier molecular flexibility index (Phi) is 4.83. The number of carbonyl (C=O) groups excluding carboxylic acids is 1. The fourth-order valence-electron chi connectivity index (χ4n) is 1.65. The van der Waals surface area contributed by atoms with Crippen molar-refractivity contribution < 1.29 is 9.53 Å². The summed E-state index contributed by atoms with van der Waals surface area (Å²) in [7, 11) is 0. The van der Waals surface area contributed by atoms with Gasteiger partial charge in [-0.1, -0.05) is 53.5 Å². The van der Waals surface area contributed by atoms with Crippen LogP contribution in [0.1, 0.15) is 11.1 Å². The zero-order chi connectivity index (χ0) is 13.7. The van der Waals surface area contributed by atoms with Gasteiger partial charge in [0.15, 0.2) is 0 Å². The fraction of sp³-hybridized carbons (Fsp3) is 0.0667. The quantitative estimate of drug-likeness (QED) is 0.767. The van der Waals surface area contributed by atoms with E-state index < -0.39 is 0 Å². The minimum Gasteiger partial charge on any atom is -0.487 e. The standard InChI is InChI=1S/C15H11Cl2O2/c16-13-6-7-14(17)15(12(13)8-9-18)19-10-11-4-2-1-3-5-11/h1-9H,10H2. The van der Waals surface area contributed by atoms with E-state index in [9.17, 15) is 4.79 Å². The number of hydrogen-bond donors (Lipinski definition) is 0. The molecule has 0 fully saturated rings. The first kappa shape index (κ1) is 13.9. The van der Waals surface area contributed by atoms with Gasteiger partial charge in [-0.2, -0.15) is 0 Å². The van der Waals surface area contributed by atoms with Gasteiger partial charge in [-0.3, -0.25) is 0 Å². The fourth-order valence-corrected chi connectivity index (χ4v) is 2.08. The SMILES string of the molecule is O=C[CH]c1c(Cl)ccc(Cl)c1OCc1ccccc1. The molecule has 0 aliphatic carbocycles. The van der Waals surface area contributed by atoms with Crippen LogP contribution in [0.2, 0.25) is 10.0 Å². The van der Waals surface area contributed by atoms with Crippen molar-refractivity contribution in [3.05, 3.63) is 70.1 Å². The van der Waals surface area contributed by atoms with Gasteiger partial charge in [0.2, 0.25) is 0 Å². The van der Waals surface area contributed by atoms with Crippen molar-refractivity contribution in [3.63, 3.8) is 0 Å². The van der Waals surface area contributed by atoms with Crippen LogP contribution < -0.4 is 4.74 Å². The number of halogens is 2. The molecule has 0 saturated heterocycles. The molecule has 0 aromatic heterocycles. The third-order valence-corrected chi connectivity index (χ3v) is 3.18. The van der Waals surface area contributed by atoms with E-state index in [1.54, 1.807) is 12.1 Å². The molecule has 0 bridgehead atoms. The predicted octanol–water partition coefficient (Wildman–Crippen LogP) is 4.32. The summed E-state index contributed by atoms with van der Waals surface area (Å²) in [6, 6.07) is 13.0. The minimum atomic E-state index is 0.362. The van der Waals surface area contributed by atoms with Crippen molar-refractivity contribution >= 4 is 29.5 Å². The first-order chi connectivity index (χ1) is 9.22. The molecule has 0 N–H and O–H groups in total. The predicted molar refractivity (Wildman–Crippen MR) is 76.7 cm³/mol. The van der Waals surface area contributed by atoms with Gasteiger partial charge in [-0.25, -0.2) is 0 Å². The topological polar surface area (TPSA) is 26.3 Å². The van der Waals surface area contributed by atoms with Crippen molar-refractivity contribution in [1.29, 1.82) is 0 Å². The Hall–Kier alpha value is -1.51. The van der Waals surface area contributed by atoms with E-state index in [-0.39, 0.29) is 0 Å². The Morgan fingerprint density at radius 1 is 1.00 bits per heavy atom. The number of rotatable bonds is 5. The number of carbonyl (C=O) groups is 1. The average Bonchev–Trinajstić information content (AvgIpc) is 2.43. The van der Waals surface area contributed by atoms with Gasteiger partial charge >= 0.3 is 0 Å². The van der Waals surface area contributed by atoms with Crippen molar-refractivity contribution in [2.75, 3.05) is 0 Å². The molecule has 97 valence electrons. The van der Waals surface area contributed by atoms with Gasteiger partial charge in [0, 0.05) is 10.6 Å². The third kappa shape index (κ3) is 3.49. The lowest BCUT2D eigenvalue weighted by atomic mass is 10.1. The molecule has 2 aromatic rings. The van der Waals surface area contributed by atoms with Gasteiger partial charge < -0.3 is 9.53 Å². The molecule has 19 heavy (non-hydrogen) atoms. The minimum absolute atomic E-state index is 0.362. The van der Waals surface area contributed by atoms with Crippen molar-refractivity contribution in [3.8, 4) is 5.75 Å². The molecule has 4 heteroatoms. The largest absolute Gasteiger partial charge is 0.487 e. The van der Waals surface area contributed by atoms with Crippen molar-refractivity contribution in [1.82, 2.24) is 0 Å². The molecular weight excluding hydrogens is 283 g/mol. The number of aldehydes is 1. The summed E-state index contributed by atoms with van der Waals surface area (Å²) in [5.41, 5.74) is 1.51. The molecule has 0 spiro atoms. The van der Waals surface area contributed by atoms with Crippen LogP contribution in [0.4, 0.5) is 0 Å². The molecule has 2 aromatic carbocycles. The van der Waals surface area contributed by atoms with Crippen LogP contribution in [0.3, 0.4) is 0 Å². The van der Waals surface area contributed by atoms with Gasteiger partial charge in [0.1, 0.15) is 18.6 Å². The molecule has 0 heterocycles. The molecule has 1 radical (unpaired) electrons. The van der Waals surface area contributed by atoms with E-state index in [2.05, 4.69) is 0 Å². The monoisotopic (exact) mass is 293 g/mol. The molecular formula is C15H11Cl2O2. The first-order valence-corrected chi connectivity index (χ1v) is 6.41. The maximum absolute atomic E-state index is 10.7. The Morgan fingerprint density at radius 2 is 1.68 bits per heavy atom. The summed E-state index contributed by atoms with van der Waals surface area (Å²) in [5, 5.41) is 0.855. The van der Waals surface area contributed by atoms with Crippen LogP contribution in [0, 0.1) is 6.42 Å². The number of ether oxygens (including phenoxy) is 1. The van der Waals surface area contributed by atoms with E-state index >= 15 is 0 Å². The summed E-state index contributed by atoms with van der Waals surface area (Å²) >= 11 is 12.1. The van der Waals surface area contributed by atoms with Crippen LogP contribution in [0.25, 0.3) is 0 Å². The molecule has 0 aliphatic heterocycles. The van der Waals surface area contributed by atoms with E-state index in [1.807, 2.05) is 30.3 Å². The summed E-state index contributed by atoms with van der Waals surface area (Å²) in [4.78, 5) is 10.7. The van der Waals surface area contributed by atoms with Crippen LogP contribution in [-0.4, -0.2) is 6.29 Å². The highest BCUT2D eigenvalue weighted by molar-refractivity contribution is 6.35. The number of hydrogen-bond acceptors (Lipinski definition) is 2. The van der Waals surface area contributed by atoms with Gasteiger partial charge in [0.25, 0.3) is 0 Å². The summed E-state index contributed by atoms with van der Waals surface area (Å²) < 4.78 is 5.68. The van der Waals surface area contributed by atoms with Crippen LogP contribution in [-0.2, 0) is 11.4 Å². The molecule has 0 atom stereocenters. The van der Waals surface area contributed by atoms with Gasteiger partial charge in [-0.15, -0.1) is 0 Å². The lowest BCUT2D eigenvalue weighted by Crippen LogP contribution is -2.00. The maximum Gasteiger partial charge on any atom is 0.143 e.